The Morgan fingerprint density at radius 2 is 2.21 bits per heavy atom. The Hall–Kier alpha value is 0.721. The largest absolute Gasteiger partial charge is 1.00 e. The van der Waals surface area contributed by atoms with Crippen molar-refractivity contribution in [1.82, 2.24) is 15.2 Å². The number of nitrogens with one attached hydrogen (secondary N) is 1. The van der Waals surface area contributed by atoms with Crippen LogP contribution in [0.1, 0.15) is 0 Å². The maximum atomic E-state index is 12.0. The van der Waals surface area contributed by atoms with Gasteiger partial charge < -0.3 is 12.9 Å². The molecule has 1 aromatic heterocycles. The zero-order valence-corrected chi connectivity index (χ0v) is 11.4. The van der Waals surface area contributed by atoms with E-state index in [0.29, 0.717) is 5.16 Å². The van der Waals surface area contributed by atoms with Crippen LogP contribution < -0.4 is 51.4 Å². The van der Waals surface area contributed by atoms with E-state index >= 15 is 0 Å². The molecule has 0 fully saturated rings. The quantitative estimate of drug-likeness (QED) is 0.539. The second-order valence-electron chi connectivity index (χ2n) is 2.31. The van der Waals surface area contributed by atoms with Gasteiger partial charge in [-0.2, -0.15) is 5.10 Å². The predicted molar refractivity (Wildman–Crippen MR) is 45.3 cm³/mol. The Bertz CT molecular complexity index is 289. The van der Waals surface area contributed by atoms with Gasteiger partial charge in [0.1, 0.15) is 6.33 Å². The van der Waals surface area contributed by atoms with Gasteiger partial charge >= 0.3 is 58.4 Å². The molecule has 0 radical (unpaired) electrons. The van der Waals surface area contributed by atoms with Gasteiger partial charge in [0.15, 0.2) is 5.16 Å². The van der Waals surface area contributed by atoms with Crippen LogP contribution in [0.2, 0.25) is 0 Å². The summed E-state index contributed by atoms with van der Waals surface area (Å²) in [5, 5.41) is 6.31. The van der Waals surface area contributed by atoms with Crippen LogP contribution in [0, 0.1) is 0 Å². The first-order chi connectivity index (χ1) is 6.00. The number of thioether (sulfide) groups is 1. The average Bonchev–Trinajstić information content (AvgIpc) is 2.50. The summed E-state index contributed by atoms with van der Waals surface area (Å²) < 4.78 is 35.9. The molecule has 0 aliphatic carbocycles. The van der Waals surface area contributed by atoms with Crippen molar-refractivity contribution < 1.29 is 64.3 Å². The van der Waals surface area contributed by atoms with Crippen molar-refractivity contribution in [2.45, 2.75) is 5.16 Å². The van der Waals surface area contributed by atoms with E-state index in [2.05, 4.69) is 21.8 Å². The van der Waals surface area contributed by atoms with Gasteiger partial charge in [0.25, 0.3) is 0 Å². The number of aromatic amines is 1. The third kappa shape index (κ3) is 4.99. The normalized spacial score (nSPS) is 10.8. The van der Waals surface area contributed by atoms with Gasteiger partial charge in [-0.25, -0.2) is 4.98 Å². The molecule has 1 heterocycles. The number of hydrogen-bond acceptors (Lipinski definition) is 3. The van der Waals surface area contributed by atoms with Crippen molar-refractivity contribution in [3.8, 4) is 0 Å². The molecule has 1 N–H and O–H groups in total. The molecule has 0 aliphatic rings. The van der Waals surface area contributed by atoms with Crippen molar-refractivity contribution in [2.75, 3.05) is 5.75 Å². The third-order valence-corrected chi connectivity index (χ3v) is 2.24. The monoisotopic (exact) mass is 247 g/mol. The fraction of sp³-hybridized carbons (Fsp3) is 0.200. The Morgan fingerprint density at radius 1 is 1.57 bits per heavy atom. The summed E-state index contributed by atoms with van der Waals surface area (Å²) in [6.07, 6.45) is 1.24. The fourth-order valence-corrected chi connectivity index (χ4v) is 1.27. The van der Waals surface area contributed by atoms with Gasteiger partial charge in [-0.15, -0.1) is 12.1 Å². The van der Waals surface area contributed by atoms with Crippen molar-refractivity contribution in [2.24, 2.45) is 0 Å². The van der Waals surface area contributed by atoms with Crippen LogP contribution in [-0.4, -0.2) is 27.9 Å². The molecule has 1 aromatic rings. The first-order valence-electron chi connectivity index (χ1n) is 3.36. The van der Waals surface area contributed by atoms with Gasteiger partial charge in [-0.3, -0.25) is 5.10 Å². The summed E-state index contributed by atoms with van der Waals surface area (Å²) in [6, 6.07) is 0. The van der Waals surface area contributed by atoms with Crippen molar-refractivity contribution in [3.63, 3.8) is 0 Å². The Balaban J connectivity index is 0.00000169. The van der Waals surface area contributed by atoms with Gasteiger partial charge in [0.2, 0.25) is 0 Å². The number of halogens is 3. The van der Waals surface area contributed by atoms with E-state index in [-0.39, 0.29) is 57.1 Å². The summed E-state index contributed by atoms with van der Waals surface area (Å²) in [4.78, 5) is 3.67. The van der Waals surface area contributed by atoms with Crippen LogP contribution in [0.3, 0.4) is 0 Å². The molecular formula is C5H6BF3KN3S. The number of rotatable bonds is 4. The van der Waals surface area contributed by atoms with Gasteiger partial charge in [-0.1, -0.05) is 11.8 Å². The molecule has 3 nitrogen and oxygen atoms in total. The maximum Gasteiger partial charge on any atom is 1.00 e. The van der Waals surface area contributed by atoms with Gasteiger partial charge in [0.05, 0.1) is 0 Å². The van der Waals surface area contributed by atoms with Crippen LogP contribution in [0.15, 0.2) is 23.5 Å². The maximum absolute atomic E-state index is 12.0. The molecule has 0 spiro atoms. The fourth-order valence-electron chi connectivity index (χ4n) is 0.519. The second kappa shape index (κ2) is 6.34. The zero-order valence-electron chi connectivity index (χ0n) is 7.51. The van der Waals surface area contributed by atoms with Crippen molar-refractivity contribution in [1.29, 1.82) is 0 Å². The molecule has 14 heavy (non-hydrogen) atoms. The minimum Gasteiger partial charge on any atom is -0.445 e. The van der Waals surface area contributed by atoms with E-state index < -0.39 is 12.4 Å². The van der Waals surface area contributed by atoms with Gasteiger partial charge in [-0.05, 0) is 5.75 Å². The van der Waals surface area contributed by atoms with Crippen LogP contribution in [0.4, 0.5) is 12.9 Å². The van der Waals surface area contributed by atoms with E-state index in [1.807, 2.05) is 0 Å². The third-order valence-electron chi connectivity index (χ3n) is 1.25. The van der Waals surface area contributed by atoms with Gasteiger partial charge in [0, 0.05) is 0 Å². The molecule has 0 aliphatic heterocycles. The van der Waals surface area contributed by atoms with Crippen LogP contribution in [0.25, 0.3) is 0 Å². The molecule has 1 rings (SSSR count). The standard InChI is InChI=1S/C5H6BF3N3S.K/c1-4(6(7,8)9)2-13-5-10-3-11-12-5;/h3H,1-2H2,(H,10,11,12);/q-1;+1. The first-order valence-corrected chi connectivity index (χ1v) is 4.34. The Morgan fingerprint density at radius 3 is 2.64 bits per heavy atom. The van der Waals surface area contributed by atoms with Crippen molar-refractivity contribution in [3.05, 3.63) is 18.4 Å². The zero-order chi connectivity index (χ0) is 9.90. The number of H-pyrrole nitrogens is 1. The summed E-state index contributed by atoms with van der Waals surface area (Å²) in [6.45, 7) is -1.99. The van der Waals surface area contributed by atoms with Crippen molar-refractivity contribution >= 4 is 18.7 Å². The van der Waals surface area contributed by atoms with E-state index in [1.165, 1.54) is 6.33 Å². The SMILES string of the molecule is C=C(CSc1ncn[nH]1)[B-](F)(F)F.[K+]. The molecule has 0 amide bonds. The Kier molecular flexibility index (Phi) is 6.66. The number of nitrogens with zero attached hydrogens (tertiary/aromatic N) is 2. The number of aromatic nitrogens is 3. The average molecular weight is 247 g/mol. The van der Waals surface area contributed by atoms with Crippen LogP contribution >= 0.6 is 11.8 Å². The Labute approximate surface area is 126 Å². The van der Waals surface area contributed by atoms with Crippen LogP contribution in [0.5, 0.6) is 0 Å². The first kappa shape index (κ1) is 14.7. The molecule has 0 saturated heterocycles. The molecule has 9 heteroatoms. The topological polar surface area (TPSA) is 41.6 Å². The van der Waals surface area contributed by atoms with E-state index in [0.717, 1.165) is 11.8 Å². The molecule has 0 aromatic carbocycles. The molecule has 0 atom stereocenters. The predicted octanol–water partition coefficient (Wildman–Crippen LogP) is -1.16. The molecule has 0 bridgehead atoms. The molecule has 0 unspecified atom stereocenters. The minimum absolute atomic E-state index is 0. The molecular weight excluding hydrogens is 241 g/mol. The molecule has 0 saturated carbocycles. The minimum atomic E-state index is -4.93. The second-order valence-corrected chi connectivity index (χ2v) is 3.28. The molecule has 72 valence electrons. The summed E-state index contributed by atoms with van der Waals surface area (Å²) in [5.41, 5.74) is -0.721. The van der Waals surface area contributed by atoms with E-state index in [9.17, 15) is 12.9 Å². The summed E-state index contributed by atoms with van der Waals surface area (Å²) in [5.74, 6) is -0.210. The van der Waals surface area contributed by atoms with E-state index in [4.69, 9.17) is 0 Å². The summed E-state index contributed by atoms with van der Waals surface area (Å²) >= 11 is 0.929. The number of hydrogen-bond donors (Lipinski definition) is 1. The smallest absolute Gasteiger partial charge is 0.445 e. The van der Waals surface area contributed by atoms with Crippen LogP contribution in [-0.2, 0) is 0 Å². The summed E-state index contributed by atoms with van der Waals surface area (Å²) in [7, 11) is 0. The van der Waals surface area contributed by atoms with E-state index in [1.54, 1.807) is 0 Å².